The first-order valence-electron chi connectivity index (χ1n) is 7.46. The summed E-state index contributed by atoms with van der Waals surface area (Å²) in [6.07, 6.45) is 0. The zero-order valence-electron chi connectivity index (χ0n) is 14.6. The van der Waals surface area contributed by atoms with Gasteiger partial charge < -0.3 is 9.47 Å². The molecule has 1 rings (SSSR count). The molecule has 0 saturated heterocycles. The molecule has 0 fully saturated rings. The molecule has 0 amide bonds. The number of rotatable bonds is 11. The summed E-state index contributed by atoms with van der Waals surface area (Å²) in [4.78, 5) is 22.7. The number of hydrogen-bond acceptors (Lipinski definition) is 8. The van der Waals surface area contributed by atoms with Crippen molar-refractivity contribution in [3.63, 3.8) is 0 Å². The van der Waals surface area contributed by atoms with Gasteiger partial charge in [-0.15, -0.1) is 0 Å². The van der Waals surface area contributed by atoms with Crippen molar-refractivity contribution in [1.82, 2.24) is 0 Å². The van der Waals surface area contributed by atoms with Gasteiger partial charge in [0.1, 0.15) is 0 Å². The van der Waals surface area contributed by atoms with E-state index in [-0.39, 0.29) is 17.8 Å². The number of phosphoric acid groups is 1. The van der Waals surface area contributed by atoms with Crippen LogP contribution < -0.4 is 0 Å². The van der Waals surface area contributed by atoms with E-state index < -0.39 is 33.3 Å². The standard InChI is InChI=1S/C17H21O8P/c1-13(2)16(18)21-11-24-26(20,25-12-22-17(19)14(3)4)23-10-15-8-6-5-7-9-15/h5-9H,1,3,10-12H2,2,4H3. The quantitative estimate of drug-likeness (QED) is 0.247. The van der Waals surface area contributed by atoms with Gasteiger partial charge in [-0.25, -0.2) is 23.2 Å². The number of carbonyl (C=O) groups is 2. The first-order chi connectivity index (χ1) is 12.2. The zero-order valence-corrected chi connectivity index (χ0v) is 15.5. The van der Waals surface area contributed by atoms with Crippen LogP contribution in [0.25, 0.3) is 0 Å². The molecular formula is C17H21O8P. The Labute approximate surface area is 152 Å². The first kappa shape index (κ1) is 21.8. The number of ether oxygens (including phenoxy) is 2. The van der Waals surface area contributed by atoms with Gasteiger partial charge in [0.2, 0.25) is 13.6 Å². The Kier molecular flexibility index (Phi) is 8.95. The van der Waals surface area contributed by atoms with Gasteiger partial charge in [-0.1, -0.05) is 43.5 Å². The van der Waals surface area contributed by atoms with Crippen molar-refractivity contribution in [2.24, 2.45) is 0 Å². The van der Waals surface area contributed by atoms with Crippen molar-refractivity contribution >= 4 is 19.8 Å². The zero-order chi connectivity index (χ0) is 19.6. The Morgan fingerprint density at radius 3 is 1.77 bits per heavy atom. The summed E-state index contributed by atoms with van der Waals surface area (Å²) in [7, 11) is -4.17. The van der Waals surface area contributed by atoms with E-state index >= 15 is 0 Å². The summed E-state index contributed by atoms with van der Waals surface area (Å²) < 4.78 is 37.0. The van der Waals surface area contributed by atoms with Gasteiger partial charge in [-0.05, 0) is 19.4 Å². The maximum absolute atomic E-state index is 12.6. The van der Waals surface area contributed by atoms with Crippen LogP contribution >= 0.6 is 7.82 Å². The fourth-order valence-corrected chi connectivity index (χ4v) is 2.27. The van der Waals surface area contributed by atoms with E-state index in [9.17, 15) is 14.2 Å². The van der Waals surface area contributed by atoms with Crippen molar-refractivity contribution in [3.8, 4) is 0 Å². The van der Waals surface area contributed by atoms with Crippen LogP contribution in [0.1, 0.15) is 19.4 Å². The van der Waals surface area contributed by atoms with E-state index in [0.717, 1.165) is 0 Å². The lowest BCUT2D eigenvalue weighted by Crippen LogP contribution is -2.12. The highest BCUT2D eigenvalue weighted by atomic mass is 31.2. The maximum Gasteiger partial charge on any atom is 0.480 e. The van der Waals surface area contributed by atoms with E-state index in [4.69, 9.17) is 23.0 Å². The second-order valence-corrected chi connectivity index (χ2v) is 6.79. The van der Waals surface area contributed by atoms with Gasteiger partial charge in [-0.2, -0.15) is 0 Å². The van der Waals surface area contributed by atoms with Gasteiger partial charge >= 0.3 is 19.8 Å². The highest BCUT2D eigenvalue weighted by molar-refractivity contribution is 7.48. The van der Waals surface area contributed by atoms with Crippen LogP contribution in [0.15, 0.2) is 54.6 Å². The molecule has 0 atom stereocenters. The molecule has 0 saturated carbocycles. The number of phosphoric ester groups is 1. The predicted molar refractivity (Wildman–Crippen MR) is 92.6 cm³/mol. The van der Waals surface area contributed by atoms with Crippen LogP contribution in [0.2, 0.25) is 0 Å². The highest BCUT2D eigenvalue weighted by Crippen LogP contribution is 2.50. The van der Waals surface area contributed by atoms with E-state index in [2.05, 4.69) is 13.2 Å². The SMILES string of the molecule is C=C(C)C(=O)OCOP(=O)(OCOC(=O)C(=C)C)OCc1ccccc1. The minimum atomic E-state index is -4.17. The molecule has 0 N–H and O–H groups in total. The van der Waals surface area contributed by atoms with Crippen molar-refractivity contribution in [3.05, 3.63) is 60.2 Å². The van der Waals surface area contributed by atoms with Gasteiger partial charge in [0.15, 0.2) is 0 Å². The second kappa shape index (κ2) is 10.7. The fourth-order valence-electron chi connectivity index (χ4n) is 1.37. The smallest absolute Gasteiger partial charge is 0.435 e. The molecule has 1 aromatic rings. The maximum atomic E-state index is 12.6. The molecule has 9 heteroatoms. The van der Waals surface area contributed by atoms with E-state index in [1.165, 1.54) is 13.8 Å². The molecule has 0 aromatic heterocycles. The lowest BCUT2D eigenvalue weighted by Gasteiger charge is -2.18. The van der Waals surface area contributed by atoms with Crippen LogP contribution in [0.5, 0.6) is 0 Å². The van der Waals surface area contributed by atoms with Gasteiger partial charge in [0.25, 0.3) is 0 Å². The molecule has 0 bridgehead atoms. The van der Waals surface area contributed by atoms with Crippen LogP contribution in [0.4, 0.5) is 0 Å². The Hall–Kier alpha value is -2.25. The summed E-state index contributed by atoms with van der Waals surface area (Å²) in [5.41, 5.74) is 0.993. The highest BCUT2D eigenvalue weighted by Gasteiger charge is 2.28. The number of benzene rings is 1. The van der Waals surface area contributed by atoms with Crippen molar-refractivity contribution < 1.29 is 37.2 Å². The third-order valence-corrected chi connectivity index (χ3v) is 4.02. The van der Waals surface area contributed by atoms with E-state index in [0.29, 0.717) is 5.56 Å². The van der Waals surface area contributed by atoms with Crippen LogP contribution in [-0.2, 0) is 43.8 Å². The average molecular weight is 384 g/mol. The van der Waals surface area contributed by atoms with Crippen LogP contribution in [0, 0.1) is 0 Å². The van der Waals surface area contributed by atoms with Gasteiger partial charge in [0.05, 0.1) is 6.61 Å². The summed E-state index contributed by atoms with van der Waals surface area (Å²) in [6.45, 7) is 8.23. The lowest BCUT2D eigenvalue weighted by atomic mass is 10.2. The largest absolute Gasteiger partial charge is 0.480 e. The minimum Gasteiger partial charge on any atom is -0.435 e. The number of hydrogen-bond donors (Lipinski definition) is 0. The molecule has 8 nitrogen and oxygen atoms in total. The molecule has 142 valence electrons. The summed E-state index contributed by atoms with van der Waals surface area (Å²) in [5, 5.41) is 0. The molecule has 0 radical (unpaired) electrons. The topological polar surface area (TPSA) is 97.4 Å². The lowest BCUT2D eigenvalue weighted by molar-refractivity contribution is -0.149. The second-order valence-electron chi connectivity index (χ2n) is 5.12. The first-order valence-corrected chi connectivity index (χ1v) is 8.92. The monoisotopic (exact) mass is 384 g/mol. The molecular weight excluding hydrogens is 363 g/mol. The molecule has 0 spiro atoms. The van der Waals surface area contributed by atoms with Crippen LogP contribution in [0.3, 0.4) is 0 Å². The molecule has 0 heterocycles. The third-order valence-electron chi connectivity index (χ3n) is 2.73. The Morgan fingerprint density at radius 2 is 1.35 bits per heavy atom. The molecule has 26 heavy (non-hydrogen) atoms. The normalized spacial score (nSPS) is 10.8. The number of esters is 2. The summed E-state index contributed by atoms with van der Waals surface area (Å²) in [5.74, 6) is -1.46. The Morgan fingerprint density at radius 1 is 0.885 bits per heavy atom. The van der Waals surface area contributed by atoms with Gasteiger partial charge in [-0.3, -0.25) is 4.52 Å². The van der Waals surface area contributed by atoms with Crippen molar-refractivity contribution in [2.45, 2.75) is 20.5 Å². The van der Waals surface area contributed by atoms with Gasteiger partial charge in [0, 0.05) is 11.1 Å². The third kappa shape index (κ3) is 8.22. The molecule has 0 aliphatic heterocycles. The summed E-state index contributed by atoms with van der Waals surface area (Å²) in [6, 6.07) is 8.84. The summed E-state index contributed by atoms with van der Waals surface area (Å²) >= 11 is 0. The molecule has 0 unspecified atom stereocenters. The minimum absolute atomic E-state index is 0.0962. The predicted octanol–water partition coefficient (Wildman–Crippen LogP) is 3.50. The fraction of sp³-hybridized carbons (Fsp3) is 0.294. The number of carbonyl (C=O) groups excluding carboxylic acids is 2. The van der Waals surface area contributed by atoms with Crippen molar-refractivity contribution in [2.75, 3.05) is 13.6 Å². The molecule has 1 aromatic carbocycles. The van der Waals surface area contributed by atoms with E-state index in [1.54, 1.807) is 24.3 Å². The Bertz CT molecular complexity index is 662. The van der Waals surface area contributed by atoms with E-state index in [1.807, 2.05) is 6.07 Å². The van der Waals surface area contributed by atoms with Crippen molar-refractivity contribution in [1.29, 1.82) is 0 Å². The molecule has 0 aliphatic carbocycles. The molecule has 0 aliphatic rings. The Balaban J connectivity index is 2.64. The average Bonchev–Trinajstić information content (AvgIpc) is 2.60. The van der Waals surface area contributed by atoms with Crippen LogP contribution in [-0.4, -0.2) is 25.5 Å².